The maximum Gasteiger partial charge on any atom is 0.123 e. The van der Waals surface area contributed by atoms with E-state index in [0.717, 1.165) is 33.4 Å². The molecule has 106 valence electrons. The smallest absolute Gasteiger partial charge is 0.123 e. The third-order valence-electron chi connectivity index (χ3n) is 3.72. The van der Waals surface area contributed by atoms with Crippen LogP contribution in [0.3, 0.4) is 0 Å². The van der Waals surface area contributed by atoms with Crippen LogP contribution in [0, 0.1) is 11.6 Å². The highest BCUT2D eigenvalue weighted by molar-refractivity contribution is 6.18. The summed E-state index contributed by atoms with van der Waals surface area (Å²) in [7, 11) is 0. The zero-order valence-corrected chi connectivity index (χ0v) is 12.1. The van der Waals surface area contributed by atoms with E-state index in [1.165, 1.54) is 24.3 Å². The summed E-state index contributed by atoms with van der Waals surface area (Å²) in [5, 5.41) is 0. The fraction of sp³-hybridized carbons (Fsp3) is 0.111. The summed E-state index contributed by atoms with van der Waals surface area (Å²) in [4.78, 5) is 0. The van der Waals surface area contributed by atoms with Gasteiger partial charge in [0.05, 0.1) is 0 Å². The Morgan fingerprint density at radius 1 is 0.905 bits per heavy atom. The molecule has 0 spiro atoms. The molecule has 0 bridgehead atoms. The first kappa shape index (κ1) is 14.0. The van der Waals surface area contributed by atoms with E-state index in [1.807, 2.05) is 0 Å². The van der Waals surface area contributed by atoms with Gasteiger partial charge in [0.15, 0.2) is 0 Å². The van der Waals surface area contributed by atoms with Gasteiger partial charge in [-0.2, -0.15) is 0 Å². The fourth-order valence-corrected chi connectivity index (χ4v) is 2.97. The monoisotopic (exact) mass is 302 g/mol. The zero-order valence-electron chi connectivity index (χ0n) is 11.3. The molecule has 0 aromatic heterocycles. The van der Waals surface area contributed by atoms with Crippen LogP contribution in [0.25, 0.3) is 11.1 Å². The lowest BCUT2D eigenvalue weighted by Crippen LogP contribution is -1.90. The normalized spacial score (nSPS) is 13.8. The number of rotatable bonds is 3. The highest BCUT2D eigenvalue weighted by atomic mass is 35.5. The first-order valence-corrected chi connectivity index (χ1v) is 7.20. The second kappa shape index (κ2) is 5.45. The molecular formula is C18H13ClF2. The topological polar surface area (TPSA) is 0 Å². The van der Waals surface area contributed by atoms with Crippen LogP contribution in [0.15, 0.2) is 54.6 Å². The van der Waals surface area contributed by atoms with Crippen molar-refractivity contribution in [3.05, 3.63) is 82.9 Å². The van der Waals surface area contributed by atoms with Gasteiger partial charge in [0.2, 0.25) is 0 Å². The van der Waals surface area contributed by atoms with Crippen LogP contribution in [0.5, 0.6) is 0 Å². The van der Waals surface area contributed by atoms with Gasteiger partial charge in [-0.1, -0.05) is 24.8 Å². The molecule has 0 nitrogen and oxygen atoms in total. The van der Waals surface area contributed by atoms with Crippen molar-refractivity contribution in [3.8, 4) is 0 Å². The van der Waals surface area contributed by atoms with Gasteiger partial charge in [0.25, 0.3) is 0 Å². The Morgan fingerprint density at radius 2 is 1.57 bits per heavy atom. The van der Waals surface area contributed by atoms with E-state index in [-0.39, 0.29) is 11.6 Å². The highest BCUT2D eigenvalue weighted by Gasteiger charge is 2.25. The SMILES string of the molecule is C=C1C(CCCl)=C(c2ccc(F)cc2)c2ccc(F)cc21. The molecule has 0 atom stereocenters. The number of fused-ring (bicyclic) bond motifs is 1. The summed E-state index contributed by atoms with van der Waals surface area (Å²) in [5.41, 5.74) is 5.36. The average molecular weight is 303 g/mol. The molecular weight excluding hydrogens is 290 g/mol. The number of hydrogen-bond donors (Lipinski definition) is 0. The molecule has 0 N–H and O–H groups in total. The maximum absolute atomic E-state index is 13.5. The van der Waals surface area contributed by atoms with Gasteiger partial charge in [0.1, 0.15) is 11.6 Å². The van der Waals surface area contributed by atoms with E-state index >= 15 is 0 Å². The molecule has 0 unspecified atom stereocenters. The molecule has 1 aliphatic rings. The van der Waals surface area contributed by atoms with Crippen LogP contribution >= 0.6 is 11.6 Å². The number of halogens is 3. The molecule has 0 saturated carbocycles. The Morgan fingerprint density at radius 3 is 2.24 bits per heavy atom. The molecule has 3 heteroatoms. The lowest BCUT2D eigenvalue weighted by atomic mass is 9.96. The van der Waals surface area contributed by atoms with Crippen molar-refractivity contribution < 1.29 is 8.78 Å². The fourth-order valence-electron chi connectivity index (χ4n) is 2.78. The van der Waals surface area contributed by atoms with E-state index in [1.54, 1.807) is 18.2 Å². The van der Waals surface area contributed by atoms with Crippen LogP contribution in [0.2, 0.25) is 0 Å². The van der Waals surface area contributed by atoms with Gasteiger partial charge in [-0.3, -0.25) is 0 Å². The second-order valence-electron chi connectivity index (χ2n) is 4.97. The molecule has 0 amide bonds. The van der Waals surface area contributed by atoms with Gasteiger partial charge in [-0.05, 0) is 64.1 Å². The van der Waals surface area contributed by atoms with Crippen molar-refractivity contribution in [2.45, 2.75) is 6.42 Å². The summed E-state index contributed by atoms with van der Waals surface area (Å²) in [6, 6.07) is 11.0. The van der Waals surface area contributed by atoms with Gasteiger partial charge < -0.3 is 0 Å². The summed E-state index contributed by atoms with van der Waals surface area (Å²) < 4.78 is 26.6. The summed E-state index contributed by atoms with van der Waals surface area (Å²) in [6.07, 6.45) is 0.642. The molecule has 0 heterocycles. The minimum atomic E-state index is -0.291. The Hall–Kier alpha value is -1.93. The molecule has 21 heavy (non-hydrogen) atoms. The number of hydrogen-bond acceptors (Lipinski definition) is 0. The lowest BCUT2D eigenvalue weighted by molar-refractivity contribution is 0.627. The lowest BCUT2D eigenvalue weighted by Gasteiger charge is -2.08. The first-order valence-electron chi connectivity index (χ1n) is 6.66. The minimum absolute atomic E-state index is 0.283. The highest BCUT2D eigenvalue weighted by Crippen LogP contribution is 2.45. The number of allylic oxidation sites excluding steroid dienone is 2. The summed E-state index contributed by atoms with van der Waals surface area (Å²) >= 11 is 5.89. The molecule has 2 aromatic carbocycles. The standard InChI is InChI=1S/C18H13ClF2/c1-11-15(8-9-19)18(12-2-4-13(20)5-3-12)16-7-6-14(21)10-17(11)16/h2-7,10H,1,8-9H2. The third kappa shape index (κ3) is 2.40. The molecule has 3 rings (SSSR count). The summed E-state index contributed by atoms with van der Waals surface area (Å²) in [6.45, 7) is 4.07. The van der Waals surface area contributed by atoms with E-state index in [9.17, 15) is 8.78 Å². The molecule has 0 saturated heterocycles. The van der Waals surface area contributed by atoms with E-state index < -0.39 is 0 Å². The molecule has 0 fully saturated rings. The first-order chi connectivity index (χ1) is 10.1. The Labute approximate surface area is 127 Å². The maximum atomic E-state index is 13.5. The molecule has 0 radical (unpaired) electrons. The average Bonchev–Trinajstić information content (AvgIpc) is 2.74. The predicted octanol–water partition coefficient (Wildman–Crippen LogP) is 5.42. The van der Waals surface area contributed by atoms with Gasteiger partial charge >= 0.3 is 0 Å². The molecule has 1 aliphatic carbocycles. The Kier molecular flexibility index (Phi) is 3.64. The zero-order chi connectivity index (χ0) is 15.0. The van der Waals surface area contributed by atoms with Crippen LogP contribution < -0.4 is 0 Å². The van der Waals surface area contributed by atoms with Crippen LogP contribution in [-0.4, -0.2) is 5.88 Å². The van der Waals surface area contributed by atoms with Crippen LogP contribution in [0.4, 0.5) is 8.78 Å². The largest absolute Gasteiger partial charge is 0.207 e. The van der Waals surface area contributed by atoms with Crippen molar-refractivity contribution in [3.63, 3.8) is 0 Å². The van der Waals surface area contributed by atoms with Gasteiger partial charge in [-0.15, -0.1) is 11.6 Å². The Bertz CT molecular complexity index is 742. The van der Waals surface area contributed by atoms with E-state index in [2.05, 4.69) is 6.58 Å². The Balaban J connectivity index is 2.22. The van der Waals surface area contributed by atoms with Crippen LogP contribution in [-0.2, 0) is 0 Å². The number of benzene rings is 2. The van der Waals surface area contributed by atoms with Crippen LogP contribution in [0.1, 0.15) is 23.1 Å². The van der Waals surface area contributed by atoms with Crippen molar-refractivity contribution in [1.82, 2.24) is 0 Å². The third-order valence-corrected chi connectivity index (χ3v) is 3.91. The van der Waals surface area contributed by atoms with Crippen molar-refractivity contribution in [2.75, 3.05) is 5.88 Å². The molecule has 2 aromatic rings. The van der Waals surface area contributed by atoms with E-state index in [4.69, 9.17) is 11.6 Å². The summed E-state index contributed by atoms with van der Waals surface area (Å²) in [5.74, 6) is -0.120. The van der Waals surface area contributed by atoms with Gasteiger partial charge in [-0.25, -0.2) is 8.78 Å². The quantitative estimate of drug-likeness (QED) is 0.664. The number of alkyl halides is 1. The second-order valence-corrected chi connectivity index (χ2v) is 5.35. The van der Waals surface area contributed by atoms with Crippen molar-refractivity contribution in [1.29, 1.82) is 0 Å². The van der Waals surface area contributed by atoms with Crippen molar-refractivity contribution in [2.24, 2.45) is 0 Å². The minimum Gasteiger partial charge on any atom is -0.207 e. The van der Waals surface area contributed by atoms with Crippen molar-refractivity contribution >= 4 is 22.7 Å². The predicted molar refractivity (Wildman–Crippen MR) is 83.2 cm³/mol. The van der Waals surface area contributed by atoms with E-state index in [0.29, 0.717) is 12.3 Å². The van der Waals surface area contributed by atoms with Gasteiger partial charge in [0, 0.05) is 5.88 Å². The molecule has 0 aliphatic heterocycles.